The zero-order valence-electron chi connectivity index (χ0n) is 12.3. The summed E-state index contributed by atoms with van der Waals surface area (Å²) in [5, 5.41) is 9.52. The van der Waals surface area contributed by atoms with Gasteiger partial charge in [0.25, 0.3) is 0 Å². The molecule has 1 aromatic carbocycles. The van der Waals surface area contributed by atoms with E-state index in [9.17, 15) is 0 Å². The summed E-state index contributed by atoms with van der Waals surface area (Å²) < 4.78 is 5.24. The summed E-state index contributed by atoms with van der Waals surface area (Å²) in [5.41, 5.74) is 9.77. The van der Waals surface area contributed by atoms with E-state index in [1.54, 1.807) is 6.20 Å². The van der Waals surface area contributed by atoms with Gasteiger partial charge in [-0.2, -0.15) is 0 Å². The largest absolute Gasteiger partial charge is 0.398 e. The number of anilines is 2. The number of hydrogen-bond acceptors (Lipinski definition) is 5. The first-order valence-corrected chi connectivity index (χ1v) is 6.89. The SMILES string of the molecule is Cc1noc(C)c1C(C)Nc1ccc(N)c2ccncc12. The van der Waals surface area contributed by atoms with Crippen LogP contribution in [0.1, 0.15) is 30.0 Å². The van der Waals surface area contributed by atoms with Crippen LogP contribution in [0.4, 0.5) is 11.4 Å². The molecule has 0 amide bonds. The number of nitrogens with zero attached hydrogens (tertiary/aromatic N) is 2. The highest BCUT2D eigenvalue weighted by molar-refractivity contribution is 6.00. The second-order valence-electron chi connectivity index (χ2n) is 5.23. The van der Waals surface area contributed by atoms with Gasteiger partial charge in [-0.3, -0.25) is 4.98 Å². The van der Waals surface area contributed by atoms with E-state index in [-0.39, 0.29) is 6.04 Å². The van der Waals surface area contributed by atoms with Crippen molar-refractivity contribution in [2.45, 2.75) is 26.8 Å². The molecule has 5 nitrogen and oxygen atoms in total. The summed E-state index contributed by atoms with van der Waals surface area (Å²) in [6.45, 7) is 5.97. The Bertz CT molecular complexity index is 775. The van der Waals surface area contributed by atoms with Gasteiger partial charge in [0, 0.05) is 40.1 Å². The number of rotatable bonds is 3. The molecular formula is C16H18N4O. The molecule has 5 heteroatoms. The number of aromatic nitrogens is 2. The summed E-state index contributed by atoms with van der Waals surface area (Å²) in [6, 6.07) is 5.90. The Morgan fingerprint density at radius 3 is 2.71 bits per heavy atom. The average Bonchev–Trinajstić information content (AvgIpc) is 2.81. The summed E-state index contributed by atoms with van der Waals surface area (Å²) in [7, 11) is 0. The third kappa shape index (κ3) is 2.31. The maximum atomic E-state index is 6.02. The van der Waals surface area contributed by atoms with E-state index in [4.69, 9.17) is 10.3 Å². The number of fused-ring (bicyclic) bond motifs is 1. The number of aryl methyl sites for hydroxylation is 2. The van der Waals surface area contributed by atoms with Crippen molar-refractivity contribution in [1.29, 1.82) is 0 Å². The highest BCUT2D eigenvalue weighted by Crippen LogP contribution is 2.31. The zero-order chi connectivity index (χ0) is 15.0. The molecule has 0 saturated heterocycles. The maximum absolute atomic E-state index is 6.02. The van der Waals surface area contributed by atoms with Crippen molar-refractivity contribution in [1.82, 2.24) is 10.1 Å². The lowest BCUT2D eigenvalue weighted by Crippen LogP contribution is -2.09. The minimum absolute atomic E-state index is 0.0864. The smallest absolute Gasteiger partial charge is 0.139 e. The zero-order valence-corrected chi connectivity index (χ0v) is 12.3. The van der Waals surface area contributed by atoms with Crippen LogP contribution in [0.25, 0.3) is 10.8 Å². The van der Waals surface area contributed by atoms with Crippen LogP contribution >= 0.6 is 0 Å². The molecule has 108 valence electrons. The summed E-state index contributed by atoms with van der Waals surface area (Å²) in [4.78, 5) is 4.19. The Labute approximate surface area is 123 Å². The molecule has 3 N–H and O–H groups in total. The first-order chi connectivity index (χ1) is 10.1. The molecule has 21 heavy (non-hydrogen) atoms. The monoisotopic (exact) mass is 282 g/mol. The molecule has 2 aromatic heterocycles. The van der Waals surface area contributed by atoms with Gasteiger partial charge < -0.3 is 15.6 Å². The van der Waals surface area contributed by atoms with E-state index in [2.05, 4.69) is 22.4 Å². The fourth-order valence-electron chi connectivity index (χ4n) is 2.75. The van der Waals surface area contributed by atoms with Gasteiger partial charge in [-0.15, -0.1) is 0 Å². The van der Waals surface area contributed by atoms with Crippen molar-refractivity contribution < 1.29 is 4.52 Å². The van der Waals surface area contributed by atoms with Crippen molar-refractivity contribution in [3.63, 3.8) is 0 Å². The first-order valence-electron chi connectivity index (χ1n) is 6.89. The Morgan fingerprint density at radius 1 is 1.19 bits per heavy atom. The Kier molecular flexibility index (Phi) is 3.25. The van der Waals surface area contributed by atoms with Gasteiger partial charge in [0.2, 0.25) is 0 Å². The standard InChI is InChI=1S/C16H18N4O/c1-9(16-10(2)20-21-11(16)3)19-15-5-4-14(17)12-6-7-18-8-13(12)15/h4-9,19H,17H2,1-3H3. The molecule has 1 unspecified atom stereocenters. The average molecular weight is 282 g/mol. The van der Waals surface area contributed by atoms with E-state index in [0.29, 0.717) is 0 Å². The van der Waals surface area contributed by atoms with E-state index in [1.807, 2.05) is 38.2 Å². The number of nitrogens with two attached hydrogens (primary N) is 1. The van der Waals surface area contributed by atoms with Crippen LogP contribution in [0.3, 0.4) is 0 Å². The number of nitrogen functional groups attached to an aromatic ring is 1. The van der Waals surface area contributed by atoms with Crippen LogP contribution in [0.15, 0.2) is 35.1 Å². The highest BCUT2D eigenvalue weighted by Gasteiger charge is 2.17. The minimum Gasteiger partial charge on any atom is -0.398 e. The molecule has 1 atom stereocenters. The molecular weight excluding hydrogens is 264 g/mol. The number of benzene rings is 1. The molecule has 0 saturated carbocycles. The number of pyridine rings is 1. The van der Waals surface area contributed by atoms with Crippen LogP contribution in [-0.4, -0.2) is 10.1 Å². The molecule has 3 rings (SSSR count). The van der Waals surface area contributed by atoms with Crippen molar-refractivity contribution in [2.24, 2.45) is 0 Å². The van der Waals surface area contributed by atoms with Crippen LogP contribution in [-0.2, 0) is 0 Å². The second-order valence-corrected chi connectivity index (χ2v) is 5.23. The van der Waals surface area contributed by atoms with Gasteiger partial charge in [-0.05, 0) is 39.0 Å². The fraction of sp³-hybridized carbons (Fsp3) is 0.250. The lowest BCUT2D eigenvalue weighted by atomic mass is 10.0. The van der Waals surface area contributed by atoms with E-state index in [0.717, 1.165) is 39.2 Å². The molecule has 0 radical (unpaired) electrons. The lowest BCUT2D eigenvalue weighted by Gasteiger charge is -2.17. The van der Waals surface area contributed by atoms with E-state index >= 15 is 0 Å². The van der Waals surface area contributed by atoms with Crippen molar-refractivity contribution in [2.75, 3.05) is 11.1 Å². The van der Waals surface area contributed by atoms with Gasteiger partial charge in [0.05, 0.1) is 11.7 Å². The van der Waals surface area contributed by atoms with Gasteiger partial charge in [-0.25, -0.2) is 0 Å². The molecule has 2 heterocycles. The molecule has 0 aliphatic carbocycles. The van der Waals surface area contributed by atoms with Gasteiger partial charge in [0.1, 0.15) is 5.76 Å². The number of hydrogen-bond donors (Lipinski definition) is 2. The molecule has 0 aliphatic rings. The molecule has 0 bridgehead atoms. The van der Waals surface area contributed by atoms with E-state index in [1.165, 1.54) is 0 Å². The molecule has 0 spiro atoms. The van der Waals surface area contributed by atoms with Crippen molar-refractivity contribution >= 4 is 22.1 Å². The maximum Gasteiger partial charge on any atom is 0.139 e. The third-order valence-corrected chi connectivity index (χ3v) is 3.75. The predicted octanol–water partition coefficient (Wildman–Crippen LogP) is 3.59. The Hall–Kier alpha value is -2.56. The summed E-state index contributed by atoms with van der Waals surface area (Å²) in [6.07, 6.45) is 3.58. The lowest BCUT2D eigenvalue weighted by molar-refractivity contribution is 0.392. The van der Waals surface area contributed by atoms with Gasteiger partial charge in [0.15, 0.2) is 0 Å². The summed E-state index contributed by atoms with van der Waals surface area (Å²) in [5.74, 6) is 0.838. The van der Waals surface area contributed by atoms with Crippen LogP contribution in [0.2, 0.25) is 0 Å². The minimum atomic E-state index is 0.0864. The van der Waals surface area contributed by atoms with Crippen LogP contribution in [0.5, 0.6) is 0 Å². The Morgan fingerprint density at radius 2 is 2.00 bits per heavy atom. The number of nitrogens with one attached hydrogen (secondary N) is 1. The molecule has 0 aliphatic heterocycles. The normalized spacial score (nSPS) is 12.5. The van der Waals surface area contributed by atoms with Crippen LogP contribution in [0, 0.1) is 13.8 Å². The predicted molar refractivity (Wildman–Crippen MR) is 84.2 cm³/mol. The topological polar surface area (TPSA) is 77.0 Å². The third-order valence-electron chi connectivity index (χ3n) is 3.75. The quantitative estimate of drug-likeness (QED) is 0.718. The second kappa shape index (κ2) is 5.09. The summed E-state index contributed by atoms with van der Waals surface area (Å²) >= 11 is 0. The van der Waals surface area contributed by atoms with Crippen LogP contribution < -0.4 is 11.1 Å². The molecule has 0 fully saturated rings. The van der Waals surface area contributed by atoms with Crippen molar-refractivity contribution in [3.05, 3.63) is 47.6 Å². The molecule has 3 aromatic rings. The highest BCUT2D eigenvalue weighted by atomic mass is 16.5. The van der Waals surface area contributed by atoms with E-state index < -0.39 is 0 Å². The van der Waals surface area contributed by atoms with Crippen molar-refractivity contribution in [3.8, 4) is 0 Å². The van der Waals surface area contributed by atoms with Gasteiger partial charge in [-0.1, -0.05) is 5.16 Å². The first kappa shape index (κ1) is 13.4. The Balaban J connectivity index is 2.01. The fourth-order valence-corrected chi connectivity index (χ4v) is 2.75. The van der Waals surface area contributed by atoms with Gasteiger partial charge >= 0.3 is 0 Å².